The lowest BCUT2D eigenvalue weighted by Gasteiger charge is -2.23. The fourth-order valence-corrected chi connectivity index (χ4v) is 5.04. The van der Waals surface area contributed by atoms with Gasteiger partial charge < -0.3 is 16.1 Å². The lowest BCUT2D eigenvalue weighted by atomic mass is 10.00. The van der Waals surface area contributed by atoms with Crippen LogP contribution in [0.25, 0.3) is 10.9 Å². The zero-order valence-corrected chi connectivity index (χ0v) is 22.4. The van der Waals surface area contributed by atoms with Crippen LogP contribution in [0.4, 0.5) is 15.8 Å². The zero-order chi connectivity index (χ0) is 29.3. The van der Waals surface area contributed by atoms with Crippen LogP contribution in [0.3, 0.4) is 0 Å². The Bertz CT molecular complexity index is 1740. The second-order valence-electron chi connectivity index (χ2n) is 10.1. The number of fused-ring (bicyclic) bond motifs is 1. The molecule has 1 unspecified atom stereocenters. The minimum Gasteiger partial charge on any atom is -0.377 e. The van der Waals surface area contributed by atoms with Gasteiger partial charge in [-0.3, -0.25) is 9.99 Å². The van der Waals surface area contributed by atoms with Crippen LogP contribution in [0.1, 0.15) is 61.9 Å². The van der Waals surface area contributed by atoms with Crippen molar-refractivity contribution in [3.63, 3.8) is 0 Å². The number of pyridine rings is 1. The SMILES string of the molecule is [2H]C(Nc1cc(C#N)c2ncc(C#N)c(N[C@H](CC)c3ccccc3)c2c1)(C1=CN(C2CC2)NN1)c1ccc(F)cc1. The molecule has 4 aromatic rings. The summed E-state index contributed by atoms with van der Waals surface area (Å²) in [5.41, 5.74) is 10.4. The first-order valence-corrected chi connectivity index (χ1v) is 13.6. The average molecular weight is 546 g/mol. The maximum atomic E-state index is 13.9. The number of hydrogen-bond donors (Lipinski definition) is 4. The Hall–Kier alpha value is -5.12. The van der Waals surface area contributed by atoms with E-state index in [0.717, 1.165) is 24.8 Å². The molecule has 41 heavy (non-hydrogen) atoms. The van der Waals surface area contributed by atoms with Crippen LogP contribution in [-0.2, 0) is 0 Å². The second-order valence-corrected chi connectivity index (χ2v) is 10.1. The number of hydrogen-bond acceptors (Lipinski definition) is 8. The van der Waals surface area contributed by atoms with E-state index >= 15 is 0 Å². The molecular formula is C32H29FN8. The van der Waals surface area contributed by atoms with Crippen molar-refractivity contribution in [1.29, 1.82) is 10.5 Å². The number of aromatic nitrogens is 1. The summed E-state index contributed by atoms with van der Waals surface area (Å²) in [4.78, 5) is 4.47. The van der Waals surface area contributed by atoms with Gasteiger partial charge >= 0.3 is 0 Å². The van der Waals surface area contributed by atoms with E-state index in [4.69, 9.17) is 0 Å². The molecule has 0 spiro atoms. The molecule has 0 bridgehead atoms. The lowest BCUT2D eigenvalue weighted by Crippen LogP contribution is -2.38. The first-order chi connectivity index (χ1) is 20.4. The van der Waals surface area contributed by atoms with Crippen molar-refractivity contribution in [1.82, 2.24) is 21.0 Å². The van der Waals surface area contributed by atoms with Gasteiger partial charge in [0.15, 0.2) is 0 Å². The molecule has 3 aromatic carbocycles. The summed E-state index contributed by atoms with van der Waals surface area (Å²) in [5.74, 6) is -0.403. The highest BCUT2D eigenvalue weighted by Crippen LogP contribution is 2.36. The Balaban J connectivity index is 1.47. The Labute approximate surface area is 239 Å². The number of halogens is 1. The largest absolute Gasteiger partial charge is 0.377 e. The maximum Gasteiger partial charge on any atom is 0.123 e. The van der Waals surface area contributed by atoms with E-state index in [1.54, 1.807) is 24.3 Å². The van der Waals surface area contributed by atoms with Crippen LogP contribution >= 0.6 is 0 Å². The van der Waals surface area contributed by atoms with Crippen LogP contribution in [0.2, 0.25) is 0 Å². The Kier molecular flexibility index (Phi) is 6.78. The molecular weight excluding hydrogens is 515 g/mol. The zero-order valence-electron chi connectivity index (χ0n) is 23.4. The topological polar surface area (TPSA) is 112 Å². The third-order valence-corrected chi connectivity index (χ3v) is 7.34. The first kappa shape index (κ1) is 24.9. The van der Waals surface area contributed by atoms with Gasteiger partial charge in [-0.25, -0.2) is 4.39 Å². The van der Waals surface area contributed by atoms with E-state index in [1.807, 2.05) is 41.5 Å². The minimum absolute atomic E-state index is 0.0899. The van der Waals surface area contributed by atoms with Crippen LogP contribution in [0.15, 0.2) is 84.8 Å². The number of nitrogens with zero attached hydrogens (tertiary/aromatic N) is 4. The number of benzene rings is 3. The van der Waals surface area contributed by atoms with E-state index in [2.05, 4.69) is 45.6 Å². The summed E-state index contributed by atoms with van der Waals surface area (Å²) in [6.45, 7) is 2.06. The molecule has 6 rings (SSSR count). The van der Waals surface area contributed by atoms with Gasteiger partial charge in [-0.15, -0.1) is 5.53 Å². The summed E-state index contributed by atoms with van der Waals surface area (Å²) >= 11 is 0. The standard InChI is InChI=1S/C32H29FN8/c1-2-28(20-6-4-3-5-7-20)38-31-23(17-35)18-36-30-22(16-34)14-25(15-27(30)31)37-32(21-8-10-24(33)11-9-21)29-19-41(40-39-29)26-12-13-26/h3-11,14-15,18-19,26,28,32,37,39-40H,2,12-13H2,1H3,(H,36,38)/t28-,32?/m1/s1/i32D. The number of nitriles is 2. The van der Waals surface area contributed by atoms with E-state index in [1.165, 1.54) is 18.3 Å². The Morgan fingerprint density at radius 3 is 2.49 bits per heavy atom. The molecule has 1 saturated carbocycles. The van der Waals surface area contributed by atoms with Gasteiger partial charge in [0.2, 0.25) is 0 Å². The van der Waals surface area contributed by atoms with Gasteiger partial charge in [-0.05, 0) is 54.7 Å². The van der Waals surface area contributed by atoms with Crippen LogP contribution in [-0.4, -0.2) is 16.0 Å². The molecule has 9 heteroatoms. The molecule has 1 aliphatic heterocycles. The predicted octanol–water partition coefficient (Wildman–Crippen LogP) is 6.16. The Morgan fingerprint density at radius 1 is 1.05 bits per heavy atom. The highest BCUT2D eigenvalue weighted by atomic mass is 19.1. The maximum absolute atomic E-state index is 13.9. The monoisotopic (exact) mass is 545 g/mol. The Morgan fingerprint density at radius 2 is 1.80 bits per heavy atom. The summed E-state index contributed by atoms with van der Waals surface area (Å²) in [5, 5.41) is 29.5. The van der Waals surface area contributed by atoms with Gasteiger partial charge in [-0.1, -0.05) is 49.4 Å². The fraction of sp³-hybridized carbons (Fsp3) is 0.219. The van der Waals surface area contributed by atoms with Gasteiger partial charge in [-0.2, -0.15) is 10.5 Å². The van der Waals surface area contributed by atoms with Crippen molar-refractivity contribution in [2.75, 3.05) is 10.6 Å². The van der Waals surface area contributed by atoms with Gasteiger partial charge in [0.05, 0.1) is 41.5 Å². The molecule has 1 aromatic heterocycles. The highest BCUT2D eigenvalue weighted by Gasteiger charge is 2.32. The van der Waals surface area contributed by atoms with E-state index < -0.39 is 11.8 Å². The molecule has 2 heterocycles. The quantitative estimate of drug-likeness (QED) is 0.198. The first-order valence-electron chi connectivity index (χ1n) is 14.1. The minimum atomic E-state index is -1.57. The van der Waals surface area contributed by atoms with Crippen molar-refractivity contribution in [2.24, 2.45) is 0 Å². The van der Waals surface area contributed by atoms with Gasteiger partial charge in [0.1, 0.15) is 18.0 Å². The molecule has 8 nitrogen and oxygen atoms in total. The van der Waals surface area contributed by atoms with Crippen molar-refractivity contribution in [2.45, 2.75) is 44.3 Å². The average Bonchev–Trinajstić information content (AvgIpc) is 3.75. The van der Waals surface area contributed by atoms with Gasteiger partial charge in [0, 0.05) is 29.5 Å². The third-order valence-electron chi connectivity index (χ3n) is 7.34. The van der Waals surface area contributed by atoms with Crippen LogP contribution in [0, 0.1) is 28.5 Å². The normalized spacial score (nSPS) is 16.9. The van der Waals surface area contributed by atoms with Crippen LogP contribution < -0.4 is 21.6 Å². The molecule has 204 valence electrons. The highest BCUT2D eigenvalue weighted by molar-refractivity contribution is 5.99. The van der Waals surface area contributed by atoms with Gasteiger partial charge in [0.25, 0.3) is 0 Å². The summed E-state index contributed by atoms with van der Waals surface area (Å²) < 4.78 is 23.5. The van der Waals surface area contributed by atoms with Crippen molar-refractivity contribution in [3.8, 4) is 12.1 Å². The summed E-state index contributed by atoms with van der Waals surface area (Å²) in [6, 6.07) is 22.3. The molecule has 1 aliphatic carbocycles. The second kappa shape index (κ2) is 11.2. The number of rotatable bonds is 9. The molecule has 1 fully saturated rings. The summed E-state index contributed by atoms with van der Waals surface area (Å²) in [6.07, 6.45) is 6.19. The molecule has 0 amide bonds. The third kappa shape index (κ3) is 5.36. The van der Waals surface area contributed by atoms with Crippen molar-refractivity contribution < 1.29 is 5.76 Å². The van der Waals surface area contributed by atoms with Crippen molar-refractivity contribution in [3.05, 3.63) is 113 Å². The van der Waals surface area contributed by atoms with Crippen molar-refractivity contribution >= 4 is 22.3 Å². The fourth-order valence-electron chi connectivity index (χ4n) is 5.04. The predicted molar refractivity (Wildman–Crippen MR) is 156 cm³/mol. The van der Waals surface area contributed by atoms with Crippen LogP contribution in [0.5, 0.6) is 0 Å². The molecule has 2 aliphatic rings. The molecule has 0 radical (unpaired) electrons. The van der Waals surface area contributed by atoms with E-state index in [0.29, 0.717) is 50.7 Å². The van der Waals surface area contributed by atoms with E-state index in [-0.39, 0.29) is 6.04 Å². The summed E-state index contributed by atoms with van der Waals surface area (Å²) in [7, 11) is 0. The number of nitrogens with one attached hydrogen (secondary N) is 4. The molecule has 4 N–H and O–H groups in total. The smallest absolute Gasteiger partial charge is 0.123 e. The number of anilines is 2. The lowest BCUT2D eigenvalue weighted by molar-refractivity contribution is 0.260. The molecule has 0 saturated heterocycles. The number of hydrazine groups is 2. The molecule has 2 atom stereocenters. The van der Waals surface area contributed by atoms with E-state index in [9.17, 15) is 16.3 Å².